The highest BCUT2D eigenvalue weighted by Crippen LogP contribution is 2.29. The van der Waals surface area contributed by atoms with E-state index < -0.39 is 0 Å². The lowest BCUT2D eigenvalue weighted by molar-refractivity contribution is 0.240. The van der Waals surface area contributed by atoms with Gasteiger partial charge in [-0.1, -0.05) is 22.4 Å². The summed E-state index contributed by atoms with van der Waals surface area (Å²) in [6.07, 6.45) is 4.03. The van der Waals surface area contributed by atoms with Crippen LogP contribution in [-0.4, -0.2) is 6.04 Å². The molecule has 0 saturated heterocycles. The van der Waals surface area contributed by atoms with Gasteiger partial charge in [0.25, 0.3) is 0 Å². The molecule has 1 unspecified atom stereocenters. The van der Waals surface area contributed by atoms with Gasteiger partial charge in [0.1, 0.15) is 5.82 Å². The molecule has 0 aromatic heterocycles. The Labute approximate surface area is 105 Å². The lowest BCUT2D eigenvalue weighted by Crippen LogP contribution is -2.36. The maximum Gasteiger partial charge on any atom is 0.124 e. The highest BCUT2D eigenvalue weighted by atomic mass is 79.9. The van der Waals surface area contributed by atoms with Crippen molar-refractivity contribution in [3.63, 3.8) is 0 Å². The van der Waals surface area contributed by atoms with Crippen LogP contribution in [0.15, 0.2) is 22.7 Å². The third kappa shape index (κ3) is 3.05. The van der Waals surface area contributed by atoms with Crippen LogP contribution < -0.4 is 5.32 Å². The Bertz CT molecular complexity index is 343. The van der Waals surface area contributed by atoms with Crippen LogP contribution in [0.4, 0.5) is 4.39 Å². The van der Waals surface area contributed by atoms with Crippen LogP contribution in [-0.2, 0) is 6.54 Å². The van der Waals surface area contributed by atoms with Crippen molar-refractivity contribution in [1.29, 1.82) is 0 Å². The molecule has 1 nitrogen and oxygen atoms in total. The minimum atomic E-state index is -0.178. The smallest absolute Gasteiger partial charge is 0.124 e. The molecule has 0 spiro atoms. The quantitative estimate of drug-likeness (QED) is 0.886. The molecule has 1 fully saturated rings. The molecule has 0 radical (unpaired) electrons. The lowest BCUT2D eigenvalue weighted by Gasteiger charge is -2.32. The van der Waals surface area contributed by atoms with E-state index >= 15 is 0 Å². The van der Waals surface area contributed by atoms with Crippen LogP contribution in [0, 0.1) is 11.7 Å². The number of halogens is 2. The molecule has 1 aliphatic rings. The standard InChI is InChI=1S/C13H17BrFN/c1-9(11-3-2-4-11)16-8-10-5-12(14)7-13(15)6-10/h5-7,9,11,16H,2-4,8H2,1H3. The zero-order valence-corrected chi connectivity index (χ0v) is 11.1. The van der Waals surface area contributed by atoms with E-state index in [0.717, 1.165) is 22.5 Å². The zero-order valence-electron chi connectivity index (χ0n) is 9.47. The Morgan fingerprint density at radius 2 is 2.19 bits per heavy atom. The highest BCUT2D eigenvalue weighted by Gasteiger charge is 2.23. The SMILES string of the molecule is CC(NCc1cc(F)cc(Br)c1)C1CCC1. The lowest BCUT2D eigenvalue weighted by atomic mass is 9.80. The van der Waals surface area contributed by atoms with Gasteiger partial charge in [-0.05, 0) is 49.4 Å². The van der Waals surface area contributed by atoms with E-state index in [0.29, 0.717) is 6.04 Å². The monoisotopic (exact) mass is 285 g/mol. The first-order valence-corrected chi connectivity index (χ1v) is 6.63. The van der Waals surface area contributed by atoms with E-state index in [-0.39, 0.29) is 5.82 Å². The highest BCUT2D eigenvalue weighted by molar-refractivity contribution is 9.10. The minimum absolute atomic E-state index is 0.178. The van der Waals surface area contributed by atoms with E-state index in [1.54, 1.807) is 6.07 Å². The van der Waals surface area contributed by atoms with Crippen molar-refractivity contribution >= 4 is 15.9 Å². The second-order valence-electron chi connectivity index (χ2n) is 4.64. The summed E-state index contributed by atoms with van der Waals surface area (Å²) in [5.74, 6) is 0.638. The minimum Gasteiger partial charge on any atom is -0.310 e. The van der Waals surface area contributed by atoms with Gasteiger partial charge in [0.05, 0.1) is 0 Å². The van der Waals surface area contributed by atoms with Gasteiger partial charge in [-0.25, -0.2) is 4.39 Å². The number of hydrogen-bond acceptors (Lipinski definition) is 1. The van der Waals surface area contributed by atoms with Crippen molar-refractivity contribution in [2.24, 2.45) is 5.92 Å². The molecule has 1 aliphatic carbocycles. The van der Waals surface area contributed by atoms with Crippen LogP contribution in [0.1, 0.15) is 31.7 Å². The molecule has 1 saturated carbocycles. The van der Waals surface area contributed by atoms with Crippen LogP contribution in [0.3, 0.4) is 0 Å². The fraction of sp³-hybridized carbons (Fsp3) is 0.538. The normalized spacial score (nSPS) is 18.2. The zero-order chi connectivity index (χ0) is 11.5. The molecular formula is C13H17BrFN. The summed E-state index contributed by atoms with van der Waals surface area (Å²) in [5, 5.41) is 3.47. The Morgan fingerprint density at radius 3 is 2.75 bits per heavy atom. The van der Waals surface area contributed by atoms with Crippen LogP contribution in [0.5, 0.6) is 0 Å². The molecule has 16 heavy (non-hydrogen) atoms. The fourth-order valence-corrected chi connectivity index (χ4v) is 2.61. The van der Waals surface area contributed by atoms with Gasteiger partial charge in [0.2, 0.25) is 0 Å². The second kappa shape index (κ2) is 5.28. The first-order valence-electron chi connectivity index (χ1n) is 5.83. The summed E-state index contributed by atoms with van der Waals surface area (Å²) in [6.45, 7) is 2.96. The molecule has 1 aromatic carbocycles. The van der Waals surface area contributed by atoms with Gasteiger partial charge in [-0.3, -0.25) is 0 Å². The van der Waals surface area contributed by atoms with Gasteiger partial charge in [0, 0.05) is 17.1 Å². The van der Waals surface area contributed by atoms with Gasteiger partial charge in [-0.2, -0.15) is 0 Å². The number of benzene rings is 1. The number of hydrogen-bond donors (Lipinski definition) is 1. The largest absolute Gasteiger partial charge is 0.310 e. The number of rotatable bonds is 4. The summed E-state index contributed by atoms with van der Waals surface area (Å²) < 4.78 is 13.9. The molecule has 88 valence electrons. The maximum absolute atomic E-state index is 13.1. The van der Waals surface area contributed by atoms with E-state index in [1.807, 2.05) is 6.07 Å². The van der Waals surface area contributed by atoms with Gasteiger partial charge < -0.3 is 5.32 Å². The van der Waals surface area contributed by atoms with E-state index in [2.05, 4.69) is 28.2 Å². The van der Waals surface area contributed by atoms with Gasteiger partial charge in [0.15, 0.2) is 0 Å². The van der Waals surface area contributed by atoms with Crippen molar-refractivity contribution in [1.82, 2.24) is 5.32 Å². The summed E-state index contributed by atoms with van der Waals surface area (Å²) in [6, 6.07) is 5.57. The average Bonchev–Trinajstić information content (AvgIpc) is 2.10. The molecule has 0 bridgehead atoms. The fourth-order valence-electron chi connectivity index (χ4n) is 2.10. The van der Waals surface area contributed by atoms with E-state index in [1.165, 1.54) is 25.3 Å². The maximum atomic E-state index is 13.1. The molecule has 2 rings (SSSR count). The van der Waals surface area contributed by atoms with Gasteiger partial charge >= 0.3 is 0 Å². The predicted octanol–water partition coefficient (Wildman–Crippen LogP) is 3.87. The predicted molar refractivity (Wildman–Crippen MR) is 67.7 cm³/mol. The summed E-state index contributed by atoms with van der Waals surface area (Å²) >= 11 is 3.31. The van der Waals surface area contributed by atoms with Crippen molar-refractivity contribution in [3.8, 4) is 0 Å². The van der Waals surface area contributed by atoms with Crippen molar-refractivity contribution in [3.05, 3.63) is 34.1 Å². The molecule has 1 atom stereocenters. The summed E-state index contributed by atoms with van der Waals surface area (Å²) in [7, 11) is 0. The molecule has 0 heterocycles. The second-order valence-corrected chi connectivity index (χ2v) is 5.55. The number of nitrogens with one attached hydrogen (secondary N) is 1. The molecule has 0 amide bonds. The molecule has 3 heteroatoms. The van der Waals surface area contributed by atoms with Gasteiger partial charge in [-0.15, -0.1) is 0 Å². The van der Waals surface area contributed by atoms with Crippen LogP contribution in [0.2, 0.25) is 0 Å². The van der Waals surface area contributed by atoms with Crippen molar-refractivity contribution < 1.29 is 4.39 Å². The third-order valence-corrected chi connectivity index (χ3v) is 3.87. The first kappa shape index (κ1) is 12.1. The Balaban J connectivity index is 1.88. The van der Waals surface area contributed by atoms with Crippen LogP contribution in [0.25, 0.3) is 0 Å². The van der Waals surface area contributed by atoms with E-state index in [4.69, 9.17) is 0 Å². The average molecular weight is 286 g/mol. The topological polar surface area (TPSA) is 12.0 Å². The van der Waals surface area contributed by atoms with E-state index in [9.17, 15) is 4.39 Å². The third-order valence-electron chi connectivity index (χ3n) is 3.41. The molecular weight excluding hydrogens is 269 g/mol. The summed E-state index contributed by atoms with van der Waals surface area (Å²) in [5.41, 5.74) is 0.998. The Hall–Kier alpha value is -0.410. The first-order chi connectivity index (χ1) is 7.65. The van der Waals surface area contributed by atoms with Crippen LogP contribution >= 0.6 is 15.9 Å². The Kier molecular flexibility index (Phi) is 3.98. The Morgan fingerprint density at radius 1 is 1.44 bits per heavy atom. The van der Waals surface area contributed by atoms with Crippen molar-refractivity contribution in [2.75, 3.05) is 0 Å². The van der Waals surface area contributed by atoms with Crippen molar-refractivity contribution in [2.45, 2.75) is 38.8 Å². The molecule has 0 aliphatic heterocycles. The summed E-state index contributed by atoms with van der Waals surface area (Å²) in [4.78, 5) is 0. The molecule has 1 N–H and O–H groups in total. The molecule has 1 aromatic rings.